The van der Waals surface area contributed by atoms with Gasteiger partial charge in [-0.15, -0.1) is 0 Å². The number of rotatable bonds is 5. The number of amides is 1. The Kier molecular flexibility index (Phi) is 5.85. The van der Waals surface area contributed by atoms with Crippen LogP contribution in [-0.4, -0.2) is 57.7 Å². The Morgan fingerprint density at radius 2 is 1.65 bits per heavy atom. The highest BCUT2D eigenvalue weighted by Gasteiger charge is 2.28. The van der Waals surface area contributed by atoms with Crippen molar-refractivity contribution in [3.05, 3.63) is 78.1 Å². The fourth-order valence-corrected chi connectivity index (χ4v) is 5.02. The van der Waals surface area contributed by atoms with E-state index in [4.69, 9.17) is 0 Å². The Hall–Kier alpha value is -2.92. The summed E-state index contributed by atoms with van der Waals surface area (Å²) >= 11 is 0. The normalized spacial score (nSPS) is 17.9. The Morgan fingerprint density at radius 3 is 2.35 bits per heavy atom. The summed E-state index contributed by atoms with van der Waals surface area (Å²) in [6, 6.07) is 19.2. The highest BCUT2D eigenvalue weighted by molar-refractivity contribution is 6.01. The first-order valence-corrected chi connectivity index (χ1v) is 11.5. The van der Waals surface area contributed by atoms with E-state index < -0.39 is 0 Å². The van der Waals surface area contributed by atoms with E-state index in [1.807, 2.05) is 40.0 Å². The quantitative estimate of drug-likeness (QED) is 0.625. The number of carbonyl (C=O) groups is 1. The molecule has 1 amide bonds. The molecule has 0 N–H and O–H groups in total. The summed E-state index contributed by atoms with van der Waals surface area (Å²) in [5.74, 6) is 0.155. The molecule has 1 aliphatic carbocycles. The fraction of sp³-hybridized carbons (Fsp3) is 0.385. The standard InChI is InChI=1S/C26H30N4O/c31-26(29-18-16-28(17-19-29)23-6-1-2-7-23)25-9-4-3-8-24(25)22-12-10-21(11-13-22)20-30-15-5-14-27-30/h3-5,8-15,23H,1-2,6-7,16-20H2. The molecule has 2 aliphatic rings. The molecule has 2 heterocycles. The molecule has 160 valence electrons. The Bertz CT molecular complexity index is 998. The molecule has 1 aliphatic heterocycles. The molecule has 1 saturated heterocycles. The molecule has 2 fully saturated rings. The van der Waals surface area contributed by atoms with Gasteiger partial charge in [-0.2, -0.15) is 5.10 Å². The first kappa shape index (κ1) is 20.0. The molecule has 0 unspecified atom stereocenters. The van der Waals surface area contributed by atoms with E-state index in [0.717, 1.165) is 55.5 Å². The Labute approximate surface area is 184 Å². The summed E-state index contributed by atoms with van der Waals surface area (Å²) in [6.07, 6.45) is 9.13. The van der Waals surface area contributed by atoms with Crippen molar-refractivity contribution >= 4 is 5.91 Å². The molecule has 5 rings (SSSR count). The average molecular weight is 415 g/mol. The van der Waals surface area contributed by atoms with Gasteiger partial charge in [-0.25, -0.2) is 0 Å². The van der Waals surface area contributed by atoms with Gasteiger partial charge in [0.1, 0.15) is 0 Å². The largest absolute Gasteiger partial charge is 0.336 e. The van der Waals surface area contributed by atoms with Crippen LogP contribution < -0.4 is 0 Å². The van der Waals surface area contributed by atoms with E-state index in [0.29, 0.717) is 0 Å². The number of aromatic nitrogens is 2. The maximum absolute atomic E-state index is 13.4. The van der Waals surface area contributed by atoms with Crippen LogP contribution in [0.3, 0.4) is 0 Å². The van der Waals surface area contributed by atoms with Gasteiger partial charge in [0, 0.05) is 50.2 Å². The molecule has 2 aromatic carbocycles. The van der Waals surface area contributed by atoms with Crippen LogP contribution in [-0.2, 0) is 6.54 Å². The minimum Gasteiger partial charge on any atom is -0.336 e. The number of nitrogens with zero attached hydrogens (tertiary/aromatic N) is 4. The van der Waals surface area contributed by atoms with Crippen molar-refractivity contribution in [2.24, 2.45) is 0 Å². The first-order valence-electron chi connectivity index (χ1n) is 11.5. The lowest BCUT2D eigenvalue weighted by molar-refractivity contribution is 0.0574. The second-order valence-electron chi connectivity index (χ2n) is 8.71. The molecule has 5 nitrogen and oxygen atoms in total. The summed E-state index contributed by atoms with van der Waals surface area (Å²) in [5, 5.41) is 4.27. The fourth-order valence-electron chi connectivity index (χ4n) is 5.02. The summed E-state index contributed by atoms with van der Waals surface area (Å²) in [7, 11) is 0. The van der Waals surface area contributed by atoms with Crippen LogP contribution >= 0.6 is 0 Å². The number of hydrogen-bond donors (Lipinski definition) is 0. The summed E-state index contributed by atoms with van der Waals surface area (Å²) in [6.45, 7) is 4.40. The lowest BCUT2D eigenvalue weighted by atomic mass is 9.97. The predicted octanol–water partition coefficient (Wildman–Crippen LogP) is 4.30. The summed E-state index contributed by atoms with van der Waals surface area (Å²) in [4.78, 5) is 18.0. The maximum Gasteiger partial charge on any atom is 0.254 e. The SMILES string of the molecule is O=C(c1ccccc1-c1ccc(Cn2cccn2)cc1)N1CCN(C2CCCC2)CC1. The topological polar surface area (TPSA) is 41.4 Å². The lowest BCUT2D eigenvalue weighted by Gasteiger charge is -2.38. The van der Waals surface area contributed by atoms with Gasteiger partial charge in [-0.3, -0.25) is 14.4 Å². The smallest absolute Gasteiger partial charge is 0.254 e. The highest BCUT2D eigenvalue weighted by atomic mass is 16.2. The highest BCUT2D eigenvalue weighted by Crippen LogP contribution is 2.27. The van der Waals surface area contributed by atoms with E-state index >= 15 is 0 Å². The minimum atomic E-state index is 0.155. The zero-order valence-electron chi connectivity index (χ0n) is 18.0. The van der Waals surface area contributed by atoms with Crippen LogP contribution in [0.5, 0.6) is 0 Å². The number of carbonyl (C=O) groups excluding carboxylic acids is 1. The van der Waals surface area contributed by atoms with Crippen LogP contribution in [0, 0.1) is 0 Å². The predicted molar refractivity (Wildman–Crippen MR) is 123 cm³/mol. The molecule has 0 atom stereocenters. The zero-order valence-corrected chi connectivity index (χ0v) is 18.0. The van der Waals surface area contributed by atoms with Crippen molar-refractivity contribution in [2.45, 2.75) is 38.3 Å². The van der Waals surface area contributed by atoms with Gasteiger partial charge >= 0.3 is 0 Å². The van der Waals surface area contributed by atoms with Crippen LogP contribution in [0.2, 0.25) is 0 Å². The average Bonchev–Trinajstić information content (AvgIpc) is 3.54. The summed E-state index contributed by atoms with van der Waals surface area (Å²) < 4.78 is 1.91. The third-order valence-electron chi connectivity index (χ3n) is 6.77. The van der Waals surface area contributed by atoms with Crippen LogP contribution in [0.1, 0.15) is 41.6 Å². The van der Waals surface area contributed by atoms with Gasteiger partial charge in [0.25, 0.3) is 5.91 Å². The van der Waals surface area contributed by atoms with Gasteiger partial charge in [-0.1, -0.05) is 55.3 Å². The molecule has 31 heavy (non-hydrogen) atoms. The summed E-state index contributed by atoms with van der Waals surface area (Å²) in [5.41, 5.74) is 4.09. The molecule has 0 bridgehead atoms. The minimum absolute atomic E-state index is 0.155. The van der Waals surface area contributed by atoms with E-state index in [1.54, 1.807) is 6.20 Å². The van der Waals surface area contributed by atoms with E-state index in [9.17, 15) is 4.79 Å². The molecule has 0 radical (unpaired) electrons. The van der Waals surface area contributed by atoms with E-state index in [-0.39, 0.29) is 5.91 Å². The van der Waals surface area contributed by atoms with Crippen molar-refractivity contribution in [2.75, 3.05) is 26.2 Å². The van der Waals surface area contributed by atoms with Crippen LogP contribution in [0.15, 0.2) is 67.0 Å². The van der Waals surface area contributed by atoms with Gasteiger partial charge in [0.15, 0.2) is 0 Å². The Morgan fingerprint density at radius 1 is 0.903 bits per heavy atom. The molecule has 1 aromatic heterocycles. The molecular formula is C26H30N4O. The van der Waals surface area contributed by atoms with Crippen LogP contribution in [0.4, 0.5) is 0 Å². The molecular weight excluding hydrogens is 384 g/mol. The third kappa shape index (κ3) is 4.42. The van der Waals surface area contributed by atoms with Crippen molar-refractivity contribution in [3.63, 3.8) is 0 Å². The first-order chi connectivity index (χ1) is 15.3. The van der Waals surface area contributed by atoms with Crippen molar-refractivity contribution < 1.29 is 4.79 Å². The van der Waals surface area contributed by atoms with E-state index in [1.165, 1.54) is 31.2 Å². The van der Waals surface area contributed by atoms with Crippen molar-refractivity contribution in [1.82, 2.24) is 19.6 Å². The second-order valence-corrected chi connectivity index (χ2v) is 8.71. The molecule has 5 heteroatoms. The number of hydrogen-bond acceptors (Lipinski definition) is 3. The Balaban J connectivity index is 1.29. The monoisotopic (exact) mass is 414 g/mol. The second kappa shape index (κ2) is 9.06. The molecule has 1 saturated carbocycles. The van der Waals surface area contributed by atoms with Gasteiger partial charge in [0.2, 0.25) is 0 Å². The maximum atomic E-state index is 13.4. The van der Waals surface area contributed by atoms with Crippen molar-refractivity contribution in [3.8, 4) is 11.1 Å². The van der Waals surface area contributed by atoms with E-state index in [2.05, 4.69) is 40.3 Å². The van der Waals surface area contributed by atoms with Gasteiger partial charge in [-0.05, 0) is 41.7 Å². The van der Waals surface area contributed by atoms with Gasteiger partial charge in [0.05, 0.1) is 6.54 Å². The third-order valence-corrected chi connectivity index (χ3v) is 6.77. The zero-order chi connectivity index (χ0) is 21.0. The number of benzene rings is 2. The number of piperazine rings is 1. The lowest BCUT2D eigenvalue weighted by Crippen LogP contribution is -2.51. The molecule has 0 spiro atoms. The molecule has 3 aromatic rings. The van der Waals surface area contributed by atoms with Crippen molar-refractivity contribution in [1.29, 1.82) is 0 Å². The van der Waals surface area contributed by atoms with Gasteiger partial charge < -0.3 is 4.90 Å². The van der Waals surface area contributed by atoms with Crippen LogP contribution in [0.25, 0.3) is 11.1 Å².